The van der Waals surface area contributed by atoms with E-state index >= 15 is 0 Å². The molecule has 1 heterocycles. The molecular formula is C17H24FN3. The molecule has 2 aromatic rings. The molecule has 0 radical (unpaired) electrons. The van der Waals surface area contributed by atoms with Crippen LogP contribution in [0.15, 0.2) is 18.2 Å². The van der Waals surface area contributed by atoms with Crippen molar-refractivity contribution in [1.29, 1.82) is 0 Å². The lowest BCUT2D eigenvalue weighted by Gasteiger charge is -2.12. The summed E-state index contributed by atoms with van der Waals surface area (Å²) in [6.07, 6.45) is 1.73. The Kier molecular flexibility index (Phi) is 5.12. The minimum Gasteiger partial charge on any atom is -0.313 e. The summed E-state index contributed by atoms with van der Waals surface area (Å²) in [6.45, 7) is 7.92. The summed E-state index contributed by atoms with van der Waals surface area (Å²) in [5, 5.41) is 7.93. The summed E-state index contributed by atoms with van der Waals surface area (Å²) in [6, 6.07) is 5.05. The number of nitrogens with one attached hydrogen (secondary N) is 1. The second-order valence-electron chi connectivity index (χ2n) is 5.18. The maximum atomic E-state index is 13.8. The Bertz CT molecular complexity index is 617. The van der Waals surface area contributed by atoms with Crippen LogP contribution in [-0.2, 0) is 26.4 Å². The molecule has 21 heavy (non-hydrogen) atoms. The molecule has 3 nitrogen and oxygen atoms in total. The highest BCUT2D eigenvalue weighted by Crippen LogP contribution is 2.32. The zero-order valence-corrected chi connectivity index (χ0v) is 13.3. The Hall–Kier alpha value is -1.68. The molecule has 0 amide bonds. The van der Waals surface area contributed by atoms with Crippen LogP contribution in [0.25, 0.3) is 11.1 Å². The predicted molar refractivity (Wildman–Crippen MR) is 84.7 cm³/mol. The first-order valence-electron chi connectivity index (χ1n) is 7.66. The summed E-state index contributed by atoms with van der Waals surface area (Å²) in [5.74, 6) is -0.196. The zero-order valence-electron chi connectivity index (χ0n) is 13.3. The van der Waals surface area contributed by atoms with E-state index in [0.717, 1.165) is 54.0 Å². The first kappa shape index (κ1) is 15.7. The first-order valence-corrected chi connectivity index (χ1v) is 7.66. The van der Waals surface area contributed by atoms with Crippen LogP contribution < -0.4 is 5.32 Å². The van der Waals surface area contributed by atoms with Crippen molar-refractivity contribution in [2.24, 2.45) is 7.05 Å². The lowest BCUT2D eigenvalue weighted by Crippen LogP contribution is -2.13. The quantitative estimate of drug-likeness (QED) is 0.882. The molecular weight excluding hydrogens is 265 g/mol. The van der Waals surface area contributed by atoms with Crippen LogP contribution in [0.4, 0.5) is 4.39 Å². The molecule has 0 atom stereocenters. The van der Waals surface area contributed by atoms with Crippen LogP contribution in [0.1, 0.15) is 37.7 Å². The third-order valence-electron chi connectivity index (χ3n) is 3.81. The molecule has 0 fully saturated rings. The average Bonchev–Trinajstić information content (AvgIpc) is 2.81. The molecule has 2 rings (SSSR count). The van der Waals surface area contributed by atoms with E-state index in [-0.39, 0.29) is 5.82 Å². The number of halogens is 1. The monoisotopic (exact) mass is 289 g/mol. The smallest absolute Gasteiger partial charge is 0.123 e. The van der Waals surface area contributed by atoms with Gasteiger partial charge in [-0.3, -0.25) is 4.68 Å². The van der Waals surface area contributed by atoms with Gasteiger partial charge >= 0.3 is 0 Å². The standard InChI is InChI=1S/C17H24FN3/c1-5-15-17(16(6-2)21(4)20-15)14-10-13(18)9-8-12(14)11-19-7-3/h8-10,19H,5-7,11H2,1-4H3. The van der Waals surface area contributed by atoms with Gasteiger partial charge in [0.2, 0.25) is 0 Å². The number of aromatic nitrogens is 2. The number of hydrogen-bond donors (Lipinski definition) is 1. The van der Waals surface area contributed by atoms with Gasteiger partial charge in [0.05, 0.1) is 5.69 Å². The summed E-state index contributed by atoms with van der Waals surface area (Å²) in [4.78, 5) is 0. The molecule has 0 aliphatic carbocycles. The Balaban J connectivity index is 2.62. The number of benzene rings is 1. The fourth-order valence-corrected chi connectivity index (χ4v) is 2.78. The van der Waals surface area contributed by atoms with E-state index in [9.17, 15) is 4.39 Å². The fraction of sp³-hybridized carbons (Fsp3) is 0.471. The van der Waals surface area contributed by atoms with Crippen LogP contribution in [0.2, 0.25) is 0 Å². The highest BCUT2D eigenvalue weighted by Gasteiger charge is 2.18. The predicted octanol–water partition coefficient (Wildman–Crippen LogP) is 3.46. The summed E-state index contributed by atoms with van der Waals surface area (Å²) < 4.78 is 15.7. The van der Waals surface area contributed by atoms with E-state index in [1.807, 2.05) is 17.8 Å². The van der Waals surface area contributed by atoms with Crippen molar-refractivity contribution in [3.63, 3.8) is 0 Å². The molecule has 0 bridgehead atoms. The first-order chi connectivity index (χ1) is 10.1. The highest BCUT2D eigenvalue weighted by molar-refractivity contribution is 5.72. The van der Waals surface area contributed by atoms with Crippen LogP contribution in [0.3, 0.4) is 0 Å². The molecule has 0 saturated carbocycles. The van der Waals surface area contributed by atoms with Gasteiger partial charge in [-0.25, -0.2) is 4.39 Å². The van der Waals surface area contributed by atoms with Gasteiger partial charge in [-0.05, 0) is 42.6 Å². The Morgan fingerprint density at radius 3 is 2.57 bits per heavy atom. The fourth-order valence-electron chi connectivity index (χ4n) is 2.78. The Labute approximate surface area is 126 Å². The average molecular weight is 289 g/mol. The Morgan fingerprint density at radius 2 is 1.95 bits per heavy atom. The molecule has 1 N–H and O–H groups in total. The van der Waals surface area contributed by atoms with Crippen LogP contribution in [0, 0.1) is 5.82 Å². The van der Waals surface area contributed by atoms with E-state index in [2.05, 4.69) is 31.2 Å². The van der Waals surface area contributed by atoms with Crippen molar-refractivity contribution >= 4 is 0 Å². The van der Waals surface area contributed by atoms with Gasteiger partial charge in [-0.15, -0.1) is 0 Å². The highest BCUT2D eigenvalue weighted by atomic mass is 19.1. The van der Waals surface area contributed by atoms with Gasteiger partial charge in [0.15, 0.2) is 0 Å². The summed E-state index contributed by atoms with van der Waals surface area (Å²) in [7, 11) is 1.96. The van der Waals surface area contributed by atoms with E-state index in [1.165, 1.54) is 6.07 Å². The number of hydrogen-bond acceptors (Lipinski definition) is 2. The van der Waals surface area contributed by atoms with E-state index in [4.69, 9.17) is 0 Å². The molecule has 0 aliphatic heterocycles. The van der Waals surface area contributed by atoms with Crippen molar-refractivity contribution in [3.8, 4) is 11.1 Å². The SMILES string of the molecule is CCNCc1ccc(F)cc1-c1c(CC)nn(C)c1CC. The van der Waals surface area contributed by atoms with Crippen LogP contribution in [-0.4, -0.2) is 16.3 Å². The topological polar surface area (TPSA) is 29.9 Å². The van der Waals surface area contributed by atoms with Crippen LogP contribution in [0.5, 0.6) is 0 Å². The summed E-state index contributed by atoms with van der Waals surface area (Å²) in [5.41, 5.74) is 5.40. The van der Waals surface area contributed by atoms with Gasteiger partial charge in [0, 0.05) is 24.8 Å². The maximum Gasteiger partial charge on any atom is 0.123 e. The second-order valence-corrected chi connectivity index (χ2v) is 5.18. The number of rotatable bonds is 6. The second kappa shape index (κ2) is 6.85. The van der Waals surface area contributed by atoms with Gasteiger partial charge in [0.1, 0.15) is 5.82 Å². The minimum atomic E-state index is -0.196. The molecule has 114 valence electrons. The van der Waals surface area contributed by atoms with Gasteiger partial charge in [-0.2, -0.15) is 5.10 Å². The molecule has 1 aromatic heterocycles. The van der Waals surface area contributed by atoms with Gasteiger partial charge in [-0.1, -0.05) is 26.8 Å². The third-order valence-corrected chi connectivity index (χ3v) is 3.81. The van der Waals surface area contributed by atoms with Crippen LogP contribution >= 0.6 is 0 Å². The van der Waals surface area contributed by atoms with E-state index in [1.54, 1.807) is 6.07 Å². The molecule has 0 spiro atoms. The van der Waals surface area contributed by atoms with Gasteiger partial charge < -0.3 is 5.32 Å². The van der Waals surface area contributed by atoms with Crippen molar-refractivity contribution < 1.29 is 4.39 Å². The molecule has 1 aromatic carbocycles. The zero-order chi connectivity index (χ0) is 15.4. The maximum absolute atomic E-state index is 13.8. The molecule has 0 aliphatic rings. The minimum absolute atomic E-state index is 0.196. The lowest BCUT2D eigenvalue weighted by molar-refractivity contribution is 0.626. The molecule has 0 saturated heterocycles. The van der Waals surface area contributed by atoms with Crippen molar-refractivity contribution in [3.05, 3.63) is 41.0 Å². The lowest BCUT2D eigenvalue weighted by atomic mass is 9.95. The Morgan fingerprint density at radius 1 is 1.19 bits per heavy atom. The van der Waals surface area contributed by atoms with E-state index in [0.29, 0.717) is 0 Å². The molecule has 4 heteroatoms. The summed E-state index contributed by atoms with van der Waals surface area (Å²) >= 11 is 0. The van der Waals surface area contributed by atoms with Gasteiger partial charge in [0.25, 0.3) is 0 Å². The van der Waals surface area contributed by atoms with Crippen molar-refractivity contribution in [2.75, 3.05) is 6.54 Å². The number of aryl methyl sites for hydroxylation is 2. The number of nitrogens with zero attached hydrogens (tertiary/aromatic N) is 2. The van der Waals surface area contributed by atoms with Crippen molar-refractivity contribution in [1.82, 2.24) is 15.1 Å². The van der Waals surface area contributed by atoms with E-state index < -0.39 is 0 Å². The molecule has 0 unspecified atom stereocenters. The largest absolute Gasteiger partial charge is 0.313 e. The van der Waals surface area contributed by atoms with Crippen molar-refractivity contribution in [2.45, 2.75) is 40.2 Å². The normalized spacial score (nSPS) is 11.1. The third kappa shape index (κ3) is 3.16.